The minimum atomic E-state index is 0.131. The molecule has 96 valence electrons. The number of nitrogens with one attached hydrogen (secondary N) is 1. The van der Waals surface area contributed by atoms with E-state index in [1.54, 1.807) is 12.1 Å². The molecule has 1 aromatic rings. The molecule has 1 heterocycles. The van der Waals surface area contributed by atoms with Crippen molar-refractivity contribution in [3.05, 3.63) is 21.3 Å². The Morgan fingerprint density at radius 1 is 1.41 bits per heavy atom. The van der Waals surface area contributed by atoms with E-state index in [-0.39, 0.29) is 5.78 Å². The standard InChI is InChI=1S/C13H20ClNOS/c1-3-10(4-2)7-8-15-9-11(16)12-5-6-13(14)17-12/h5-6,10,15H,3-4,7-9H2,1-2H3. The van der Waals surface area contributed by atoms with Gasteiger partial charge in [0.2, 0.25) is 0 Å². The van der Waals surface area contributed by atoms with Gasteiger partial charge in [-0.25, -0.2) is 0 Å². The van der Waals surface area contributed by atoms with Crippen LogP contribution in [0.15, 0.2) is 12.1 Å². The maximum Gasteiger partial charge on any atom is 0.186 e. The van der Waals surface area contributed by atoms with Gasteiger partial charge in [0.25, 0.3) is 0 Å². The number of carbonyl (C=O) groups is 1. The molecule has 1 rings (SSSR count). The van der Waals surface area contributed by atoms with Crippen molar-refractivity contribution in [2.45, 2.75) is 33.1 Å². The largest absolute Gasteiger partial charge is 0.310 e. The van der Waals surface area contributed by atoms with Crippen molar-refractivity contribution in [3.63, 3.8) is 0 Å². The summed E-state index contributed by atoms with van der Waals surface area (Å²) < 4.78 is 0.672. The van der Waals surface area contributed by atoms with Crippen molar-refractivity contribution in [3.8, 4) is 0 Å². The zero-order chi connectivity index (χ0) is 12.7. The van der Waals surface area contributed by atoms with Crippen molar-refractivity contribution >= 4 is 28.7 Å². The van der Waals surface area contributed by atoms with E-state index < -0.39 is 0 Å². The van der Waals surface area contributed by atoms with Crippen LogP contribution in [0.5, 0.6) is 0 Å². The molecule has 0 aromatic carbocycles. The third kappa shape index (κ3) is 5.19. The van der Waals surface area contributed by atoms with Crippen LogP contribution in [-0.2, 0) is 0 Å². The fraction of sp³-hybridized carbons (Fsp3) is 0.615. The van der Waals surface area contributed by atoms with Gasteiger partial charge in [-0.2, -0.15) is 0 Å². The number of Topliss-reactive ketones (excluding diaryl/α,β-unsaturated/α-hetero) is 1. The Kier molecular flexibility index (Phi) is 6.78. The summed E-state index contributed by atoms with van der Waals surface area (Å²) in [6, 6.07) is 3.56. The molecule has 2 nitrogen and oxygen atoms in total. The summed E-state index contributed by atoms with van der Waals surface area (Å²) in [5.74, 6) is 0.903. The molecule has 0 spiro atoms. The SMILES string of the molecule is CCC(CC)CCNCC(=O)c1ccc(Cl)s1. The van der Waals surface area contributed by atoms with E-state index in [0.717, 1.165) is 23.8 Å². The smallest absolute Gasteiger partial charge is 0.186 e. The number of halogens is 1. The topological polar surface area (TPSA) is 29.1 Å². The molecule has 0 amide bonds. The highest BCUT2D eigenvalue weighted by atomic mass is 35.5. The van der Waals surface area contributed by atoms with Gasteiger partial charge in [-0.1, -0.05) is 38.3 Å². The van der Waals surface area contributed by atoms with Crippen LogP contribution in [0.4, 0.5) is 0 Å². The van der Waals surface area contributed by atoms with Crippen LogP contribution < -0.4 is 5.32 Å². The monoisotopic (exact) mass is 273 g/mol. The second-order valence-electron chi connectivity index (χ2n) is 4.17. The zero-order valence-corrected chi connectivity index (χ0v) is 12.0. The normalized spacial score (nSPS) is 11.1. The van der Waals surface area contributed by atoms with Crippen LogP contribution in [0.1, 0.15) is 42.8 Å². The summed E-state index contributed by atoms with van der Waals surface area (Å²) in [7, 11) is 0. The van der Waals surface area contributed by atoms with Crippen LogP contribution >= 0.6 is 22.9 Å². The summed E-state index contributed by atoms with van der Waals surface area (Å²) in [6.07, 6.45) is 3.57. The summed E-state index contributed by atoms with van der Waals surface area (Å²) >= 11 is 7.14. The molecule has 1 aromatic heterocycles. The van der Waals surface area contributed by atoms with E-state index >= 15 is 0 Å². The van der Waals surface area contributed by atoms with Gasteiger partial charge >= 0.3 is 0 Å². The highest BCUT2D eigenvalue weighted by Gasteiger charge is 2.08. The van der Waals surface area contributed by atoms with Crippen molar-refractivity contribution < 1.29 is 4.79 Å². The first-order valence-electron chi connectivity index (χ1n) is 6.16. The second kappa shape index (κ2) is 7.85. The van der Waals surface area contributed by atoms with Gasteiger partial charge in [0, 0.05) is 0 Å². The molecule has 0 saturated heterocycles. The summed E-state index contributed by atoms with van der Waals surface area (Å²) in [5, 5.41) is 3.21. The van der Waals surface area contributed by atoms with E-state index in [2.05, 4.69) is 19.2 Å². The maximum absolute atomic E-state index is 11.7. The predicted molar refractivity (Wildman–Crippen MR) is 75.2 cm³/mol. The van der Waals surface area contributed by atoms with Crippen molar-refractivity contribution in [2.24, 2.45) is 5.92 Å². The minimum Gasteiger partial charge on any atom is -0.310 e. The summed E-state index contributed by atoms with van der Waals surface area (Å²) in [6.45, 7) is 5.76. The minimum absolute atomic E-state index is 0.131. The van der Waals surface area contributed by atoms with Gasteiger partial charge < -0.3 is 5.32 Å². The maximum atomic E-state index is 11.7. The molecule has 17 heavy (non-hydrogen) atoms. The Bertz CT molecular complexity index is 347. The van der Waals surface area contributed by atoms with Gasteiger partial charge in [0.05, 0.1) is 15.8 Å². The first kappa shape index (κ1) is 14.7. The number of thiophene rings is 1. The summed E-state index contributed by atoms with van der Waals surface area (Å²) in [5.41, 5.74) is 0. The molecular formula is C13H20ClNOS. The Hall–Kier alpha value is -0.380. The molecule has 0 aliphatic heterocycles. The predicted octanol–water partition coefficient (Wildman–Crippen LogP) is 4.00. The van der Waals surface area contributed by atoms with Gasteiger partial charge in [-0.15, -0.1) is 11.3 Å². The number of hydrogen-bond acceptors (Lipinski definition) is 3. The quantitative estimate of drug-likeness (QED) is 0.573. The first-order chi connectivity index (χ1) is 8.17. The van der Waals surface area contributed by atoms with E-state index in [0.29, 0.717) is 10.9 Å². The van der Waals surface area contributed by atoms with E-state index in [1.165, 1.54) is 24.2 Å². The van der Waals surface area contributed by atoms with E-state index in [4.69, 9.17) is 11.6 Å². The molecule has 0 saturated carbocycles. The lowest BCUT2D eigenvalue weighted by Gasteiger charge is -2.11. The molecule has 0 atom stereocenters. The van der Waals surface area contributed by atoms with Crippen molar-refractivity contribution in [2.75, 3.05) is 13.1 Å². The molecule has 0 unspecified atom stereocenters. The van der Waals surface area contributed by atoms with Gasteiger partial charge in [0.15, 0.2) is 5.78 Å². The first-order valence-corrected chi connectivity index (χ1v) is 7.36. The average molecular weight is 274 g/mol. The molecule has 0 bridgehead atoms. The molecule has 0 aliphatic rings. The number of rotatable bonds is 8. The number of hydrogen-bond donors (Lipinski definition) is 1. The van der Waals surface area contributed by atoms with Crippen LogP contribution in [0.2, 0.25) is 4.34 Å². The Labute approximate surface area is 112 Å². The fourth-order valence-electron chi connectivity index (χ4n) is 1.76. The zero-order valence-electron chi connectivity index (χ0n) is 10.5. The van der Waals surface area contributed by atoms with Crippen molar-refractivity contribution in [1.29, 1.82) is 0 Å². The average Bonchev–Trinajstić information content (AvgIpc) is 2.76. The van der Waals surface area contributed by atoms with Crippen LogP contribution in [0.25, 0.3) is 0 Å². The van der Waals surface area contributed by atoms with Crippen molar-refractivity contribution in [1.82, 2.24) is 5.32 Å². The molecule has 4 heteroatoms. The van der Waals surface area contributed by atoms with Crippen LogP contribution in [-0.4, -0.2) is 18.9 Å². The van der Waals surface area contributed by atoms with E-state index in [9.17, 15) is 4.79 Å². The lowest BCUT2D eigenvalue weighted by atomic mass is 10.00. The highest BCUT2D eigenvalue weighted by Crippen LogP contribution is 2.21. The molecule has 0 fully saturated rings. The lowest BCUT2D eigenvalue weighted by Crippen LogP contribution is -2.24. The van der Waals surface area contributed by atoms with Crippen LogP contribution in [0, 0.1) is 5.92 Å². The number of ketones is 1. The van der Waals surface area contributed by atoms with Crippen LogP contribution in [0.3, 0.4) is 0 Å². The number of carbonyl (C=O) groups excluding carboxylic acids is 1. The third-order valence-corrected chi connectivity index (χ3v) is 4.29. The second-order valence-corrected chi connectivity index (χ2v) is 5.89. The molecule has 0 radical (unpaired) electrons. The molecule has 1 N–H and O–H groups in total. The molecular weight excluding hydrogens is 254 g/mol. The van der Waals surface area contributed by atoms with Gasteiger partial charge in [-0.05, 0) is 31.0 Å². The summed E-state index contributed by atoms with van der Waals surface area (Å²) in [4.78, 5) is 12.5. The van der Waals surface area contributed by atoms with E-state index in [1.807, 2.05) is 0 Å². The molecule has 0 aliphatic carbocycles. The fourth-order valence-corrected chi connectivity index (χ4v) is 2.74. The Morgan fingerprint density at radius 3 is 2.65 bits per heavy atom. The van der Waals surface area contributed by atoms with Gasteiger partial charge in [-0.3, -0.25) is 4.79 Å². The van der Waals surface area contributed by atoms with Gasteiger partial charge in [0.1, 0.15) is 0 Å². The lowest BCUT2D eigenvalue weighted by molar-refractivity contribution is 0.0994. The Balaban J connectivity index is 2.21. The third-order valence-electron chi connectivity index (χ3n) is 3.02. The Morgan fingerprint density at radius 2 is 2.12 bits per heavy atom. The highest BCUT2D eigenvalue weighted by molar-refractivity contribution is 7.18.